The zero-order valence-electron chi connectivity index (χ0n) is 22.7. The number of nitrogens with zero attached hydrogens (tertiary/aromatic N) is 1. The number of piperidine rings is 2. The lowest BCUT2D eigenvalue weighted by Crippen LogP contribution is -2.62. The second-order valence-corrected chi connectivity index (χ2v) is 12.3. The summed E-state index contributed by atoms with van der Waals surface area (Å²) in [7, 11) is 0. The molecule has 0 spiro atoms. The highest BCUT2D eigenvalue weighted by molar-refractivity contribution is 5.83. The smallest absolute Gasteiger partial charge is 0.225 e. The molecule has 4 fully saturated rings. The zero-order chi connectivity index (χ0) is 25.3. The van der Waals surface area contributed by atoms with Crippen LogP contribution in [0.25, 0.3) is 0 Å². The fourth-order valence-electron chi connectivity index (χ4n) is 7.10. The first-order valence-corrected chi connectivity index (χ1v) is 14.2. The van der Waals surface area contributed by atoms with E-state index in [4.69, 9.17) is 4.74 Å². The van der Waals surface area contributed by atoms with Gasteiger partial charge in [-0.05, 0) is 85.0 Å². The molecule has 0 aromatic rings. The van der Waals surface area contributed by atoms with Crippen LogP contribution in [0.2, 0.25) is 0 Å². The van der Waals surface area contributed by atoms with Gasteiger partial charge in [0.2, 0.25) is 11.8 Å². The summed E-state index contributed by atoms with van der Waals surface area (Å²) in [6.07, 6.45) is 7.13. The summed E-state index contributed by atoms with van der Waals surface area (Å²) in [4.78, 5) is 26.2. The first-order chi connectivity index (χ1) is 16.6. The summed E-state index contributed by atoms with van der Waals surface area (Å²) in [6.45, 7) is 14.1. The van der Waals surface area contributed by atoms with E-state index in [0.717, 1.165) is 45.1 Å². The lowest BCUT2D eigenvalue weighted by Gasteiger charge is -2.46. The molecular weight excluding hydrogens is 442 g/mol. The molecule has 0 bridgehead atoms. The predicted octanol–water partition coefficient (Wildman–Crippen LogP) is 2.40. The van der Waals surface area contributed by atoms with Gasteiger partial charge in [0.25, 0.3) is 0 Å². The highest BCUT2D eigenvalue weighted by Crippen LogP contribution is 2.39. The van der Waals surface area contributed by atoms with Gasteiger partial charge in [0.15, 0.2) is 0 Å². The van der Waals surface area contributed by atoms with Crippen molar-refractivity contribution < 1.29 is 14.3 Å². The number of rotatable bonds is 7. The van der Waals surface area contributed by atoms with Gasteiger partial charge in [-0.15, -0.1) is 0 Å². The van der Waals surface area contributed by atoms with Crippen LogP contribution in [0.5, 0.6) is 0 Å². The molecule has 0 radical (unpaired) electrons. The van der Waals surface area contributed by atoms with Crippen molar-refractivity contribution in [1.82, 2.24) is 26.4 Å². The minimum absolute atomic E-state index is 0.0481. The summed E-state index contributed by atoms with van der Waals surface area (Å²) in [5, 5.41) is 12.5. The van der Waals surface area contributed by atoms with E-state index < -0.39 is 0 Å². The molecule has 3 saturated heterocycles. The molecule has 4 rings (SSSR count). The largest absolute Gasteiger partial charge is 0.376 e. The van der Waals surface area contributed by atoms with Crippen molar-refractivity contribution in [2.75, 3.05) is 13.1 Å². The maximum Gasteiger partial charge on any atom is 0.225 e. The Kier molecular flexibility index (Phi) is 8.78. The van der Waals surface area contributed by atoms with Gasteiger partial charge in [-0.2, -0.15) is 0 Å². The molecule has 4 aliphatic rings. The van der Waals surface area contributed by atoms with E-state index in [1.54, 1.807) is 0 Å². The Morgan fingerprint density at radius 3 is 2.46 bits per heavy atom. The average Bonchev–Trinajstić information content (AvgIpc) is 3.22. The molecule has 200 valence electrons. The fourth-order valence-corrected chi connectivity index (χ4v) is 7.10. The van der Waals surface area contributed by atoms with Gasteiger partial charge >= 0.3 is 0 Å². The van der Waals surface area contributed by atoms with E-state index in [2.05, 4.69) is 67.9 Å². The molecular formula is C27H49N5O3. The molecule has 8 nitrogen and oxygen atoms in total. The van der Waals surface area contributed by atoms with Gasteiger partial charge < -0.3 is 15.4 Å². The number of carbonyl (C=O) groups is 2. The molecule has 8 heteroatoms. The number of nitrogens with one attached hydrogen (secondary N) is 4. The van der Waals surface area contributed by atoms with Crippen molar-refractivity contribution in [1.29, 1.82) is 0 Å². The third-order valence-corrected chi connectivity index (χ3v) is 8.90. The minimum Gasteiger partial charge on any atom is -0.376 e. The second kappa shape index (κ2) is 11.4. The predicted molar refractivity (Wildman–Crippen MR) is 137 cm³/mol. The van der Waals surface area contributed by atoms with Gasteiger partial charge in [0.05, 0.1) is 24.3 Å². The minimum atomic E-state index is -0.145. The third-order valence-electron chi connectivity index (χ3n) is 8.90. The molecule has 0 aromatic carbocycles. The number of hydrazine groups is 1. The maximum atomic E-state index is 13.6. The Morgan fingerprint density at radius 1 is 1.11 bits per heavy atom. The van der Waals surface area contributed by atoms with E-state index >= 15 is 0 Å². The van der Waals surface area contributed by atoms with E-state index in [1.165, 1.54) is 0 Å². The van der Waals surface area contributed by atoms with E-state index in [9.17, 15) is 9.59 Å². The van der Waals surface area contributed by atoms with E-state index in [-0.39, 0.29) is 53.8 Å². The molecule has 7 atom stereocenters. The van der Waals surface area contributed by atoms with Crippen molar-refractivity contribution in [3.8, 4) is 0 Å². The van der Waals surface area contributed by atoms with Crippen LogP contribution >= 0.6 is 0 Å². The molecule has 0 aromatic heterocycles. The first-order valence-electron chi connectivity index (χ1n) is 14.2. The number of carbonyl (C=O) groups excluding carboxylic acids is 2. The summed E-state index contributed by atoms with van der Waals surface area (Å²) in [5.41, 5.74) is 3.57. The number of ether oxygens (including phenoxy) is 1. The number of amides is 2. The van der Waals surface area contributed by atoms with Crippen LogP contribution in [0.15, 0.2) is 0 Å². The van der Waals surface area contributed by atoms with Crippen LogP contribution in [0.1, 0.15) is 80.1 Å². The normalized spacial score (nSPS) is 40.6. The Labute approximate surface area is 212 Å². The maximum absolute atomic E-state index is 13.6. The van der Waals surface area contributed by atoms with Crippen molar-refractivity contribution >= 4 is 11.8 Å². The van der Waals surface area contributed by atoms with Gasteiger partial charge in [-0.3, -0.25) is 20.3 Å². The Bertz CT molecular complexity index is 738. The standard InChI is InChI=1S/C27H49N5O3/c1-15(2)32-25-23(14-29-32)21(26(33)28-13-22-17(5)11-18(6)30-27(22)34)12-24(31-25)19-7-9-20(10-8-19)35-16(3)4/h15-25,29,31H,7-14H2,1-6H3,(H,28,33)(H,30,34). The van der Waals surface area contributed by atoms with Crippen LogP contribution in [-0.4, -0.2) is 66.4 Å². The van der Waals surface area contributed by atoms with Crippen molar-refractivity contribution in [3.05, 3.63) is 0 Å². The second-order valence-electron chi connectivity index (χ2n) is 12.3. The summed E-state index contributed by atoms with van der Waals surface area (Å²) in [5.74, 6) is 1.08. The van der Waals surface area contributed by atoms with Crippen LogP contribution in [0.3, 0.4) is 0 Å². The van der Waals surface area contributed by atoms with Crippen LogP contribution in [-0.2, 0) is 14.3 Å². The SMILES string of the molecule is CC1CC(C)C(CNC(=O)C2CC(C3CCC(OC(C)C)CC3)NC3C2CNN3C(C)C)C(=O)N1. The fraction of sp³-hybridized carbons (Fsp3) is 0.926. The Hall–Kier alpha value is -1.22. The molecule has 1 saturated carbocycles. The Morgan fingerprint density at radius 2 is 1.83 bits per heavy atom. The highest BCUT2D eigenvalue weighted by atomic mass is 16.5. The number of hydrogen-bond donors (Lipinski definition) is 4. The van der Waals surface area contributed by atoms with Crippen LogP contribution in [0, 0.1) is 29.6 Å². The zero-order valence-corrected chi connectivity index (χ0v) is 22.7. The van der Waals surface area contributed by atoms with Crippen molar-refractivity contribution in [2.24, 2.45) is 29.6 Å². The summed E-state index contributed by atoms with van der Waals surface area (Å²) >= 11 is 0. The third kappa shape index (κ3) is 6.20. The number of hydrogen-bond acceptors (Lipinski definition) is 6. The molecule has 7 unspecified atom stereocenters. The van der Waals surface area contributed by atoms with E-state index in [0.29, 0.717) is 30.7 Å². The van der Waals surface area contributed by atoms with Crippen LogP contribution in [0.4, 0.5) is 0 Å². The first kappa shape index (κ1) is 26.8. The molecule has 35 heavy (non-hydrogen) atoms. The topological polar surface area (TPSA) is 94.7 Å². The Balaban J connectivity index is 1.41. The lowest BCUT2D eigenvalue weighted by atomic mass is 9.73. The lowest BCUT2D eigenvalue weighted by molar-refractivity contribution is -0.132. The monoisotopic (exact) mass is 491 g/mol. The quantitative estimate of drug-likeness (QED) is 0.437. The van der Waals surface area contributed by atoms with Gasteiger partial charge in [0.1, 0.15) is 0 Å². The van der Waals surface area contributed by atoms with Crippen molar-refractivity contribution in [2.45, 2.75) is 117 Å². The molecule has 3 heterocycles. The molecule has 2 amide bonds. The molecule has 4 N–H and O–H groups in total. The summed E-state index contributed by atoms with van der Waals surface area (Å²) < 4.78 is 6.08. The molecule has 3 aliphatic heterocycles. The van der Waals surface area contributed by atoms with Gasteiger partial charge in [-0.25, -0.2) is 5.01 Å². The molecule has 1 aliphatic carbocycles. The average molecular weight is 492 g/mol. The summed E-state index contributed by atoms with van der Waals surface area (Å²) in [6, 6.07) is 0.887. The van der Waals surface area contributed by atoms with Gasteiger partial charge in [-0.1, -0.05) is 6.92 Å². The van der Waals surface area contributed by atoms with Crippen LogP contribution < -0.4 is 21.4 Å². The van der Waals surface area contributed by atoms with E-state index in [1.807, 2.05) is 0 Å². The van der Waals surface area contributed by atoms with Crippen molar-refractivity contribution in [3.63, 3.8) is 0 Å². The highest BCUT2D eigenvalue weighted by Gasteiger charge is 2.49. The number of fused-ring (bicyclic) bond motifs is 1. The van der Waals surface area contributed by atoms with Gasteiger partial charge in [0, 0.05) is 43.1 Å².